The summed E-state index contributed by atoms with van der Waals surface area (Å²) in [4.78, 5) is 41.6. The molecule has 3 rings (SSSR count). The van der Waals surface area contributed by atoms with Gasteiger partial charge in [0.05, 0.1) is 17.0 Å². The summed E-state index contributed by atoms with van der Waals surface area (Å²) in [7, 11) is 0. The molecule has 1 amide bonds. The number of hydrogen-bond acceptors (Lipinski definition) is 4. The number of aromatic amines is 1. The second-order valence-electron chi connectivity index (χ2n) is 7.39. The lowest BCUT2D eigenvalue weighted by molar-refractivity contribution is 0.0165. The zero-order valence-electron chi connectivity index (χ0n) is 14.7. The zero-order chi connectivity index (χ0) is 18.2. The molecule has 2 aromatic rings. The highest BCUT2D eigenvalue weighted by Gasteiger charge is 2.32. The van der Waals surface area contributed by atoms with E-state index >= 15 is 0 Å². The van der Waals surface area contributed by atoms with Crippen LogP contribution in [0.15, 0.2) is 29.1 Å². The Hall–Kier alpha value is -2.57. The third-order valence-corrected chi connectivity index (χ3v) is 4.23. The van der Waals surface area contributed by atoms with Crippen molar-refractivity contribution in [2.75, 3.05) is 13.1 Å². The molecule has 7 nitrogen and oxygen atoms in total. The number of hydrogen-bond donors (Lipinski definition) is 1. The van der Waals surface area contributed by atoms with Gasteiger partial charge in [-0.05, 0) is 45.7 Å². The summed E-state index contributed by atoms with van der Waals surface area (Å²) >= 11 is 0. The molecule has 1 aromatic carbocycles. The van der Waals surface area contributed by atoms with Gasteiger partial charge in [0.2, 0.25) is 5.91 Å². The summed E-state index contributed by atoms with van der Waals surface area (Å²) in [5, 5.41) is 0. The molecule has 2 heterocycles. The van der Waals surface area contributed by atoms with Gasteiger partial charge in [-0.15, -0.1) is 0 Å². The molecule has 0 radical (unpaired) electrons. The molecule has 0 spiro atoms. The molecular weight excluding hydrogens is 322 g/mol. The van der Waals surface area contributed by atoms with E-state index < -0.39 is 23.3 Å². The molecule has 1 fully saturated rings. The maximum atomic E-state index is 12.9. The Morgan fingerprint density at radius 3 is 2.68 bits per heavy atom. The minimum absolute atomic E-state index is 0.264. The Morgan fingerprint density at radius 2 is 1.96 bits per heavy atom. The van der Waals surface area contributed by atoms with Gasteiger partial charge in [-0.1, -0.05) is 12.1 Å². The summed E-state index contributed by atoms with van der Waals surface area (Å²) in [5.74, 6) is -0.700. The van der Waals surface area contributed by atoms with Crippen LogP contribution in [-0.2, 0) is 4.74 Å². The van der Waals surface area contributed by atoms with Crippen molar-refractivity contribution in [3.05, 3.63) is 34.7 Å². The van der Waals surface area contributed by atoms with Crippen molar-refractivity contribution in [1.29, 1.82) is 0 Å². The van der Waals surface area contributed by atoms with Crippen molar-refractivity contribution in [1.82, 2.24) is 14.5 Å². The number of nitrogens with one attached hydrogen (secondary N) is 1. The number of piperidine rings is 1. The number of carbonyl (C=O) groups excluding carboxylic acids is 2. The maximum Gasteiger partial charge on any atom is 0.410 e. The number of aromatic nitrogens is 2. The molecule has 0 unspecified atom stereocenters. The molecule has 1 saturated heterocycles. The summed E-state index contributed by atoms with van der Waals surface area (Å²) in [6, 6.07) is 7.08. The van der Waals surface area contributed by atoms with Crippen LogP contribution < -0.4 is 5.69 Å². The Bertz CT molecular complexity index is 859. The Morgan fingerprint density at radius 1 is 1.24 bits per heavy atom. The molecule has 1 N–H and O–H groups in total. The summed E-state index contributed by atoms with van der Waals surface area (Å²) < 4.78 is 6.57. The fraction of sp³-hybridized carbons (Fsp3) is 0.500. The van der Waals surface area contributed by atoms with Gasteiger partial charge < -0.3 is 14.6 Å². The van der Waals surface area contributed by atoms with Crippen LogP contribution in [0, 0.1) is 5.92 Å². The number of imidazole rings is 1. The first kappa shape index (κ1) is 17.3. The van der Waals surface area contributed by atoms with E-state index in [2.05, 4.69) is 4.98 Å². The number of benzene rings is 1. The van der Waals surface area contributed by atoms with Crippen molar-refractivity contribution in [2.45, 2.75) is 39.2 Å². The predicted octanol–water partition coefficient (Wildman–Crippen LogP) is 2.62. The molecule has 25 heavy (non-hydrogen) atoms. The third kappa shape index (κ3) is 3.60. The molecular formula is C18H23N3O4. The highest BCUT2D eigenvalue weighted by molar-refractivity contribution is 5.91. The Labute approximate surface area is 145 Å². The molecule has 0 bridgehead atoms. The van der Waals surface area contributed by atoms with Crippen LogP contribution in [0.25, 0.3) is 11.0 Å². The lowest BCUT2D eigenvalue weighted by atomic mass is 9.97. The average Bonchev–Trinajstić information content (AvgIpc) is 2.88. The number of carbonyl (C=O) groups is 2. The first-order chi connectivity index (χ1) is 11.8. The SMILES string of the molecule is CC(C)(C)OC(=O)N1CCC[C@@H](C(=O)n2c(=O)[nH]c3ccccc32)C1. The minimum atomic E-state index is -0.582. The van der Waals surface area contributed by atoms with E-state index in [0.29, 0.717) is 30.4 Å². The van der Waals surface area contributed by atoms with Crippen LogP contribution >= 0.6 is 0 Å². The second kappa shape index (κ2) is 6.38. The number of ether oxygens (including phenoxy) is 1. The van der Waals surface area contributed by atoms with Crippen LogP contribution in [-0.4, -0.2) is 45.1 Å². The van der Waals surface area contributed by atoms with Gasteiger partial charge in [0.1, 0.15) is 5.60 Å². The average molecular weight is 345 g/mol. The second-order valence-corrected chi connectivity index (χ2v) is 7.39. The summed E-state index contributed by atoms with van der Waals surface area (Å²) in [6.07, 6.45) is 0.924. The van der Waals surface area contributed by atoms with Crippen LogP contribution in [0.4, 0.5) is 4.79 Å². The topological polar surface area (TPSA) is 84.4 Å². The van der Waals surface area contributed by atoms with Gasteiger partial charge in [0, 0.05) is 13.1 Å². The maximum absolute atomic E-state index is 12.9. The lowest BCUT2D eigenvalue weighted by Crippen LogP contribution is -2.46. The number of likely N-dealkylation sites (tertiary alicyclic amines) is 1. The number of H-pyrrole nitrogens is 1. The minimum Gasteiger partial charge on any atom is -0.444 e. The highest BCUT2D eigenvalue weighted by Crippen LogP contribution is 2.22. The number of fused-ring (bicyclic) bond motifs is 1. The Balaban J connectivity index is 1.81. The molecule has 1 atom stereocenters. The monoisotopic (exact) mass is 345 g/mol. The smallest absolute Gasteiger partial charge is 0.410 e. The van der Waals surface area contributed by atoms with E-state index in [9.17, 15) is 14.4 Å². The van der Waals surface area contributed by atoms with Crippen molar-refractivity contribution in [2.24, 2.45) is 5.92 Å². The molecule has 1 aromatic heterocycles. The van der Waals surface area contributed by atoms with Crippen LogP contribution in [0.5, 0.6) is 0 Å². The largest absolute Gasteiger partial charge is 0.444 e. The first-order valence-electron chi connectivity index (χ1n) is 8.48. The summed E-state index contributed by atoms with van der Waals surface area (Å²) in [6.45, 7) is 6.25. The van der Waals surface area contributed by atoms with Gasteiger partial charge in [0.15, 0.2) is 0 Å². The van der Waals surface area contributed by atoms with E-state index in [4.69, 9.17) is 4.74 Å². The molecule has 7 heteroatoms. The molecule has 134 valence electrons. The van der Waals surface area contributed by atoms with E-state index in [0.717, 1.165) is 0 Å². The standard InChI is InChI=1S/C18H23N3O4/c1-18(2,3)25-17(24)20-10-6-7-12(11-20)15(22)21-14-9-5-4-8-13(14)19-16(21)23/h4-5,8-9,12H,6-7,10-11H2,1-3H3,(H,19,23)/t12-/m1/s1. The number of amides is 1. The van der Waals surface area contributed by atoms with Gasteiger partial charge in [0.25, 0.3) is 0 Å². The molecule has 0 aliphatic carbocycles. The molecule has 0 saturated carbocycles. The van der Waals surface area contributed by atoms with Gasteiger partial charge in [-0.2, -0.15) is 0 Å². The predicted molar refractivity (Wildman–Crippen MR) is 93.7 cm³/mol. The first-order valence-corrected chi connectivity index (χ1v) is 8.48. The number of para-hydroxylation sites is 2. The van der Waals surface area contributed by atoms with E-state index in [1.807, 2.05) is 20.8 Å². The lowest BCUT2D eigenvalue weighted by Gasteiger charge is -2.33. The van der Waals surface area contributed by atoms with E-state index in [1.165, 1.54) is 4.57 Å². The van der Waals surface area contributed by atoms with Crippen LogP contribution in [0.1, 0.15) is 38.4 Å². The van der Waals surface area contributed by atoms with Crippen molar-refractivity contribution >= 4 is 23.0 Å². The van der Waals surface area contributed by atoms with E-state index in [-0.39, 0.29) is 12.5 Å². The quantitative estimate of drug-likeness (QED) is 0.861. The van der Waals surface area contributed by atoms with Crippen LogP contribution in [0.2, 0.25) is 0 Å². The number of nitrogens with zero attached hydrogens (tertiary/aromatic N) is 2. The van der Waals surface area contributed by atoms with Gasteiger partial charge in [-0.3, -0.25) is 4.79 Å². The van der Waals surface area contributed by atoms with Crippen molar-refractivity contribution in [3.63, 3.8) is 0 Å². The van der Waals surface area contributed by atoms with E-state index in [1.54, 1.807) is 29.2 Å². The molecule has 1 aliphatic rings. The number of rotatable bonds is 1. The van der Waals surface area contributed by atoms with Gasteiger partial charge >= 0.3 is 11.8 Å². The normalized spacial score (nSPS) is 18.4. The summed E-state index contributed by atoms with van der Waals surface area (Å²) in [5.41, 5.74) is 0.162. The molecule has 1 aliphatic heterocycles. The fourth-order valence-electron chi connectivity index (χ4n) is 3.13. The Kier molecular flexibility index (Phi) is 4.41. The zero-order valence-corrected chi connectivity index (χ0v) is 14.7. The fourth-order valence-corrected chi connectivity index (χ4v) is 3.13. The van der Waals surface area contributed by atoms with Crippen LogP contribution in [0.3, 0.4) is 0 Å². The highest BCUT2D eigenvalue weighted by atomic mass is 16.6. The van der Waals surface area contributed by atoms with Crippen molar-refractivity contribution < 1.29 is 14.3 Å². The third-order valence-electron chi connectivity index (χ3n) is 4.23. The van der Waals surface area contributed by atoms with Gasteiger partial charge in [-0.25, -0.2) is 14.2 Å². The van der Waals surface area contributed by atoms with Crippen molar-refractivity contribution in [3.8, 4) is 0 Å².